The molecule has 5 rings (SSSR count). The van der Waals surface area contributed by atoms with Crippen molar-refractivity contribution < 1.29 is 33.0 Å². The summed E-state index contributed by atoms with van der Waals surface area (Å²) in [6, 6.07) is 8.14. The van der Waals surface area contributed by atoms with Crippen LogP contribution in [0.25, 0.3) is 0 Å². The van der Waals surface area contributed by atoms with Gasteiger partial charge in [0.15, 0.2) is 18.1 Å². The molecular formula is C31H34FN5O7. The molecule has 3 amide bonds. The van der Waals surface area contributed by atoms with Crippen LogP contribution in [-0.4, -0.2) is 71.5 Å². The molecule has 2 aliphatic rings. The monoisotopic (exact) mass is 607 g/mol. The van der Waals surface area contributed by atoms with E-state index in [4.69, 9.17) is 14.2 Å². The lowest BCUT2D eigenvalue weighted by atomic mass is 9.99. The molecule has 0 radical (unpaired) electrons. The van der Waals surface area contributed by atoms with Crippen molar-refractivity contribution in [3.63, 3.8) is 0 Å². The Morgan fingerprint density at radius 1 is 1.16 bits per heavy atom. The van der Waals surface area contributed by atoms with Gasteiger partial charge in [-0.15, -0.1) is 0 Å². The van der Waals surface area contributed by atoms with E-state index >= 15 is 0 Å². The van der Waals surface area contributed by atoms with Crippen LogP contribution in [0.2, 0.25) is 0 Å². The minimum atomic E-state index is -0.635. The lowest BCUT2D eigenvalue weighted by Gasteiger charge is -2.39. The number of halogens is 1. The maximum Gasteiger partial charge on any atom is 0.345 e. The van der Waals surface area contributed by atoms with Crippen molar-refractivity contribution in [1.82, 2.24) is 25.5 Å². The number of amides is 3. The second-order valence-electron chi connectivity index (χ2n) is 10.8. The van der Waals surface area contributed by atoms with Crippen LogP contribution in [0.3, 0.4) is 0 Å². The summed E-state index contributed by atoms with van der Waals surface area (Å²) in [6.07, 6.45) is 0.362. The molecule has 3 heterocycles. The SMILES string of the molecule is COc1ccc2cc1OCC(=O)NCc1cc(F)cc(c1)O[C@@H]1CCN(C(=O)CCc3c(C)nc(=O)[nH]c3C)C[C@@H]1NC2=O. The number of nitrogens with zero attached hydrogens (tertiary/aromatic N) is 2. The number of benzene rings is 2. The van der Waals surface area contributed by atoms with Crippen LogP contribution in [0.4, 0.5) is 4.39 Å². The molecule has 0 unspecified atom stereocenters. The highest BCUT2D eigenvalue weighted by Crippen LogP contribution is 2.29. The number of likely N-dealkylation sites (tertiary alicyclic amines) is 1. The molecule has 2 atom stereocenters. The molecule has 1 aromatic heterocycles. The maximum absolute atomic E-state index is 14.5. The van der Waals surface area contributed by atoms with Crippen LogP contribution in [0.5, 0.6) is 17.2 Å². The van der Waals surface area contributed by atoms with Gasteiger partial charge < -0.3 is 34.7 Å². The van der Waals surface area contributed by atoms with Crippen molar-refractivity contribution in [3.8, 4) is 17.2 Å². The fourth-order valence-corrected chi connectivity index (χ4v) is 5.49. The van der Waals surface area contributed by atoms with Crippen LogP contribution < -0.4 is 30.5 Å². The number of nitrogens with one attached hydrogen (secondary N) is 3. The maximum atomic E-state index is 14.5. The Bertz CT molecular complexity index is 1620. The van der Waals surface area contributed by atoms with Gasteiger partial charge in [0.1, 0.15) is 17.7 Å². The van der Waals surface area contributed by atoms with Crippen LogP contribution in [-0.2, 0) is 22.6 Å². The molecule has 1 fully saturated rings. The highest BCUT2D eigenvalue weighted by atomic mass is 19.1. The van der Waals surface area contributed by atoms with Gasteiger partial charge in [-0.25, -0.2) is 9.18 Å². The highest BCUT2D eigenvalue weighted by molar-refractivity contribution is 5.95. The topological polar surface area (TPSA) is 152 Å². The smallest absolute Gasteiger partial charge is 0.345 e. The van der Waals surface area contributed by atoms with Gasteiger partial charge in [-0.05, 0) is 61.7 Å². The number of aromatic amines is 1. The van der Waals surface area contributed by atoms with E-state index in [1.807, 2.05) is 0 Å². The number of ether oxygens (including phenoxy) is 3. The summed E-state index contributed by atoms with van der Waals surface area (Å²) in [7, 11) is 1.45. The minimum absolute atomic E-state index is 0.0460. The van der Waals surface area contributed by atoms with E-state index in [2.05, 4.69) is 20.6 Å². The number of hydrogen-bond acceptors (Lipinski definition) is 8. The number of fused-ring (bicyclic) bond motifs is 5. The molecule has 12 nitrogen and oxygen atoms in total. The number of H-pyrrole nitrogens is 1. The normalized spacial score (nSPS) is 18.7. The third-order valence-corrected chi connectivity index (χ3v) is 7.75. The van der Waals surface area contributed by atoms with Gasteiger partial charge in [-0.3, -0.25) is 14.4 Å². The minimum Gasteiger partial charge on any atom is -0.493 e. The molecule has 0 aliphatic carbocycles. The third-order valence-electron chi connectivity index (χ3n) is 7.75. The van der Waals surface area contributed by atoms with Gasteiger partial charge in [-0.1, -0.05) is 0 Å². The third kappa shape index (κ3) is 7.16. The Labute approximate surface area is 252 Å². The molecule has 232 valence electrons. The second kappa shape index (κ2) is 13.1. The van der Waals surface area contributed by atoms with Gasteiger partial charge in [0, 0.05) is 55.5 Å². The Kier molecular flexibility index (Phi) is 9.12. The molecule has 13 heteroatoms. The van der Waals surface area contributed by atoms with Crippen molar-refractivity contribution in [3.05, 3.63) is 80.8 Å². The fraction of sp³-hybridized carbons (Fsp3) is 0.387. The van der Waals surface area contributed by atoms with Gasteiger partial charge in [-0.2, -0.15) is 4.98 Å². The quantitative estimate of drug-likeness (QED) is 0.407. The summed E-state index contributed by atoms with van der Waals surface area (Å²) in [5.74, 6) is -0.787. The first kappa shape index (κ1) is 30.5. The van der Waals surface area contributed by atoms with E-state index in [1.54, 1.807) is 36.9 Å². The van der Waals surface area contributed by atoms with Crippen molar-refractivity contribution >= 4 is 17.7 Å². The van der Waals surface area contributed by atoms with Crippen molar-refractivity contribution in [2.45, 2.75) is 51.8 Å². The summed E-state index contributed by atoms with van der Waals surface area (Å²) in [5, 5.41) is 5.68. The predicted octanol–water partition coefficient (Wildman–Crippen LogP) is 1.95. The van der Waals surface area contributed by atoms with E-state index in [1.165, 1.54) is 25.3 Å². The number of piperidine rings is 1. The Morgan fingerprint density at radius 2 is 1.98 bits per heavy atom. The number of aromatic nitrogens is 2. The van der Waals surface area contributed by atoms with E-state index in [-0.39, 0.29) is 49.1 Å². The number of hydrogen-bond donors (Lipinski definition) is 3. The first-order valence-corrected chi connectivity index (χ1v) is 14.3. The molecular weight excluding hydrogens is 573 g/mol. The van der Waals surface area contributed by atoms with Gasteiger partial charge >= 0.3 is 5.69 Å². The molecule has 0 spiro atoms. The fourth-order valence-electron chi connectivity index (χ4n) is 5.49. The zero-order valence-electron chi connectivity index (χ0n) is 24.7. The number of carbonyl (C=O) groups is 3. The molecule has 2 aliphatic heterocycles. The standard InChI is InChI=1S/C31H34FN5O7/c1-17-23(18(2)35-31(41)34-17)5-7-29(39)37-9-8-25-24(15-37)36-30(40)20-4-6-26(42-3)27(12-20)43-16-28(38)33-14-19-10-21(32)13-22(11-19)44-25/h4,6,10-13,24-25H,5,7-9,14-16H2,1-3H3,(H,33,38)(H,36,40)(H,34,35,41)/t24-,25+/m0/s1. The van der Waals surface area contributed by atoms with E-state index < -0.39 is 35.5 Å². The van der Waals surface area contributed by atoms with Crippen molar-refractivity contribution in [2.75, 3.05) is 26.8 Å². The summed E-state index contributed by atoms with van der Waals surface area (Å²) < 4.78 is 31.7. The Morgan fingerprint density at radius 3 is 2.75 bits per heavy atom. The highest BCUT2D eigenvalue weighted by Gasteiger charge is 2.34. The molecule has 2 aromatic carbocycles. The summed E-state index contributed by atoms with van der Waals surface area (Å²) >= 11 is 0. The predicted molar refractivity (Wildman–Crippen MR) is 156 cm³/mol. The second-order valence-corrected chi connectivity index (χ2v) is 10.8. The van der Waals surface area contributed by atoms with Crippen LogP contribution in [0.15, 0.2) is 41.2 Å². The Balaban J connectivity index is 1.40. The molecule has 3 N–H and O–H groups in total. The number of carbonyl (C=O) groups excluding carboxylic acids is 3. The zero-order chi connectivity index (χ0) is 31.4. The first-order valence-electron chi connectivity index (χ1n) is 14.3. The average molecular weight is 608 g/mol. The van der Waals surface area contributed by atoms with Gasteiger partial charge in [0.25, 0.3) is 11.8 Å². The zero-order valence-corrected chi connectivity index (χ0v) is 24.7. The number of aryl methyl sites for hydroxylation is 2. The lowest BCUT2D eigenvalue weighted by Crippen LogP contribution is -2.58. The van der Waals surface area contributed by atoms with Crippen molar-refractivity contribution in [2.24, 2.45) is 0 Å². The summed E-state index contributed by atoms with van der Waals surface area (Å²) in [4.78, 5) is 59.2. The summed E-state index contributed by atoms with van der Waals surface area (Å²) in [6.45, 7) is 3.72. The van der Waals surface area contributed by atoms with E-state index in [9.17, 15) is 23.6 Å². The summed E-state index contributed by atoms with van der Waals surface area (Å²) in [5.41, 5.74) is 2.36. The van der Waals surface area contributed by atoms with Crippen LogP contribution >= 0.6 is 0 Å². The van der Waals surface area contributed by atoms with E-state index in [0.717, 1.165) is 5.56 Å². The number of rotatable bonds is 4. The molecule has 4 bridgehead atoms. The van der Waals surface area contributed by atoms with Crippen LogP contribution in [0.1, 0.15) is 45.7 Å². The van der Waals surface area contributed by atoms with Gasteiger partial charge in [0.2, 0.25) is 5.91 Å². The first-order chi connectivity index (χ1) is 21.1. The van der Waals surface area contributed by atoms with Crippen LogP contribution in [0, 0.1) is 19.7 Å². The lowest BCUT2D eigenvalue weighted by molar-refractivity contribution is -0.133. The Hall–Kier alpha value is -4.94. The molecule has 1 saturated heterocycles. The molecule has 0 saturated carbocycles. The van der Waals surface area contributed by atoms with Crippen molar-refractivity contribution in [1.29, 1.82) is 0 Å². The average Bonchev–Trinajstić information content (AvgIpc) is 2.98. The largest absolute Gasteiger partial charge is 0.493 e. The van der Waals surface area contributed by atoms with Gasteiger partial charge in [0.05, 0.1) is 13.2 Å². The molecule has 44 heavy (non-hydrogen) atoms. The van der Waals surface area contributed by atoms with E-state index in [0.29, 0.717) is 42.1 Å². The molecule has 3 aromatic rings. The number of methoxy groups -OCH3 is 1.